The van der Waals surface area contributed by atoms with Crippen LogP contribution in [-0.2, 0) is 4.79 Å². The number of rotatable bonds is 7. The lowest BCUT2D eigenvalue weighted by molar-refractivity contribution is -0.113. The second kappa shape index (κ2) is 8.93. The van der Waals surface area contributed by atoms with Crippen LogP contribution in [0, 0.1) is 0 Å². The first-order valence-corrected chi connectivity index (χ1v) is 10.0. The van der Waals surface area contributed by atoms with Crippen molar-refractivity contribution >= 4 is 35.0 Å². The molecule has 12 heteroatoms. The van der Waals surface area contributed by atoms with E-state index in [0.717, 1.165) is 11.4 Å². The number of carbonyl (C=O) groups excluding carboxylic acids is 1. The molecule has 2 aromatic carbocycles. The van der Waals surface area contributed by atoms with E-state index in [4.69, 9.17) is 16.3 Å². The summed E-state index contributed by atoms with van der Waals surface area (Å²) in [5.74, 6) is 0.581. The molecule has 0 atom stereocenters. The Morgan fingerprint density at radius 2 is 2.07 bits per heavy atom. The molecule has 2 aromatic heterocycles. The maximum absolute atomic E-state index is 12.6. The number of nitrogens with zero attached hydrogens (tertiary/aromatic N) is 7. The normalized spacial score (nSPS) is 10.7. The van der Waals surface area contributed by atoms with Gasteiger partial charge in [-0.1, -0.05) is 23.4 Å². The van der Waals surface area contributed by atoms with Gasteiger partial charge in [0, 0.05) is 5.02 Å². The van der Waals surface area contributed by atoms with Crippen LogP contribution in [0.5, 0.6) is 5.75 Å². The number of tetrazole rings is 1. The summed E-state index contributed by atoms with van der Waals surface area (Å²) in [6.45, 7) is 0. The first kappa shape index (κ1) is 19.9. The van der Waals surface area contributed by atoms with Crippen LogP contribution in [0.25, 0.3) is 11.4 Å². The smallest absolute Gasteiger partial charge is 0.234 e. The van der Waals surface area contributed by atoms with E-state index >= 15 is 0 Å². The molecule has 0 aliphatic carbocycles. The molecule has 152 valence electrons. The van der Waals surface area contributed by atoms with Crippen molar-refractivity contribution in [3.8, 4) is 17.1 Å². The topological polar surface area (TPSA) is 113 Å². The summed E-state index contributed by atoms with van der Waals surface area (Å²) in [7, 11) is 1.60. The van der Waals surface area contributed by atoms with Crippen LogP contribution in [-0.4, -0.2) is 53.7 Å². The number of halogens is 1. The molecule has 0 bridgehead atoms. The van der Waals surface area contributed by atoms with E-state index in [-0.39, 0.29) is 11.7 Å². The second-order valence-electron chi connectivity index (χ2n) is 5.91. The minimum Gasteiger partial charge on any atom is -0.497 e. The highest BCUT2D eigenvalue weighted by Gasteiger charge is 2.14. The van der Waals surface area contributed by atoms with Crippen LogP contribution in [0.1, 0.15) is 0 Å². The van der Waals surface area contributed by atoms with Gasteiger partial charge in [0.1, 0.15) is 18.4 Å². The van der Waals surface area contributed by atoms with Gasteiger partial charge < -0.3 is 10.1 Å². The molecule has 0 aliphatic heterocycles. The summed E-state index contributed by atoms with van der Waals surface area (Å²) in [6.07, 6.45) is 2.95. The maximum atomic E-state index is 12.6. The van der Waals surface area contributed by atoms with Gasteiger partial charge in [0.25, 0.3) is 0 Å². The minimum absolute atomic E-state index is 0.0971. The van der Waals surface area contributed by atoms with Crippen molar-refractivity contribution in [2.75, 3.05) is 18.2 Å². The van der Waals surface area contributed by atoms with Crippen LogP contribution in [0.4, 0.5) is 5.69 Å². The molecule has 0 spiro atoms. The molecule has 0 unspecified atom stereocenters. The number of anilines is 1. The first-order chi connectivity index (χ1) is 14.6. The van der Waals surface area contributed by atoms with Gasteiger partial charge in [0.05, 0.1) is 29.9 Å². The summed E-state index contributed by atoms with van der Waals surface area (Å²) in [5.41, 5.74) is 1.93. The summed E-state index contributed by atoms with van der Waals surface area (Å²) in [4.78, 5) is 16.5. The SMILES string of the molecule is COc1ccc(-n2nnnc2SCC(=O)Nc2cc(Cl)ccc2-n2cncn2)cc1. The molecule has 30 heavy (non-hydrogen) atoms. The Hall–Kier alpha value is -3.44. The van der Waals surface area contributed by atoms with Gasteiger partial charge in [-0.25, -0.2) is 9.67 Å². The lowest BCUT2D eigenvalue weighted by atomic mass is 10.2. The van der Waals surface area contributed by atoms with Crippen molar-refractivity contribution in [1.29, 1.82) is 0 Å². The van der Waals surface area contributed by atoms with Gasteiger partial charge in [-0.05, 0) is 52.9 Å². The van der Waals surface area contributed by atoms with E-state index in [9.17, 15) is 4.79 Å². The van der Waals surface area contributed by atoms with E-state index in [1.54, 1.807) is 34.7 Å². The van der Waals surface area contributed by atoms with Gasteiger partial charge in [0.2, 0.25) is 11.1 Å². The van der Waals surface area contributed by atoms with Crippen molar-refractivity contribution in [3.63, 3.8) is 0 Å². The van der Waals surface area contributed by atoms with E-state index in [0.29, 0.717) is 21.6 Å². The summed E-state index contributed by atoms with van der Waals surface area (Å²) >= 11 is 7.30. The predicted molar refractivity (Wildman–Crippen MR) is 111 cm³/mol. The van der Waals surface area contributed by atoms with Gasteiger partial charge in [-0.3, -0.25) is 4.79 Å². The molecule has 0 radical (unpaired) electrons. The molecule has 4 rings (SSSR count). The average Bonchev–Trinajstić information content (AvgIpc) is 3.45. The number of hydrogen-bond donors (Lipinski definition) is 1. The third-order valence-corrected chi connectivity index (χ3v) is 5.14. The number of benzene rings is 2. The van der Waals surface area contributed by atoms with Crippen molar-refractivity contribution in [1.82, 2.24) is 35.0 Å². The minimum atomic E-state index is -0.243. The number of nitrogens with one attached hydrogen (secondary N) is 1. The Kier molecular flexibility index (Phi) is 5.91. The van der Waals surface area contributed by atoms with Crippen LogP contribution in [0.15, 0.2) is 60.3 Å². The van der Waals surface area contributed by atoms with Crippen molar-refractivity contribution in [2.45, 2.75) is 5.16 Å². The molecule has 4 aromatic rings. The summed E-state index contributed by atoms with van der Waals surface area (Å²) < 4.78 is 8.26. The lowest BCUT2D eigenvalue weighted by Gasteiger charge is -2.11. The highest BCUT2D eigenvalue weighted by atomic mass is 35.5. The van der Waals surface area contributed by atoms with Gasteiger partial charge in [-0.15, -0.1) is 5.10 Å². The number of aromatic nitrogens is 7. The zero-order valence-electron chi connectivity index (χ0n) is 15.6. The quantitative estimate of drug-likeness (QED) is 0.434. The van der Waals surface area contributed by atoms with Crippen molar-refractivity contribution in [3.05, 3.63) is 60.1 Å². The molecule has 10 nitrogen and oxygen atoms in total. The molecule has 1 N–H and O–H groups in total. The monoisotopic (exact) mass is 442 g/mol. The van der Waals surface area contributed by atoms with Crippen molar-refractivity contribution in [2.24, 2.45) is 0 Å². The zero-order chi connectivity index (χ0) is 20.9. The predicted octanol–water partition coefficient (Wildman–Crippen LogP) is 2.64. The van der Waals surface area contributed by atoms with Crippen LogP contribution in [0.2, 0.25) is 5.02 Å². The fraction of sp³-hybridized carbons (Fsp3) is 0.111. The maximum Gasteiger partial charge on any atom is 0.234 e. The number of amides is 1. The van der Waals surface area contributed by atoms with E-state index in [2.05, 4.69) is 30.9 Å². The third kappa shape index (κ3) is 4.42. The number of thioether (sulfide) groups is 1. The standard InChI is InChI=1S/C18H15ClN8O2S/c1-29-14-5-3-13(4-6-14)27-18(23-24-25-27)30-9-17(28)22-15-8-12(19)2-7-16(15)26-11-20-10-21-26/h2-8,10-11H,9H2,1H3,(H,22,28). The summed E-state index contributed by atoms with van der Waals surface area (Å²) in [5, 5.41) is 19.6. The molecular weight excluding hydrogens is 428 g/mol. The largest absolute Gasteiger partial charge is 0.497 e. The number of carbonyl (C=O) groups is 1. The molecule has 0 saturated heterocycles. The first-order valence-electron chi connectivity index (χ1n) is 8.64. The third-order valence-electron chi connectivity index (χ3n) is 3.99. The Morgan fingerprint density at radius 3 is 2.80 bits per heavy atom. The Bertz CT molecular complexity index is 1150. The number of ether oxygens (including phenoxy) is 1. The Morgan fingerprint density at radius 1 is 1.23 bits per heavy atom. The average molecular weight is 443 g/mol. The number of methoxy groups -OCH3 is 1. The van der Waals surface area contributed by atoms with E-state index in [1.807, 2.05) is 24.3 Å². The fourth-order valence-corrected chi connectivity index (χ4v) is 3.47. The van der Waals surface area contributed by atoms with Crippen LogP contribution >= 0.6 is 23.4 Å². The van der Waals surface area contributed by atoms with Gasteiger partial charge in [0.15, 0.2) is 0 Å². The molecular formula is C18H15ClN8O2S. The Balaban J connectivity index is 1.46. The van der Waals surface area contributed by atoms with E-state index in [1.165, 1.54) is 24.4 Å². The lowest BCUT2D eigenvalue weighted by Crippen LogP contribution is -2.16. The van der Waals surface area contributed by atoms with Gasteiger partial charge in [-0.2, -0.15) is 9.78 Å². The number of hydrogen-bond acceptors (Lipinski definition) is 8. The molecule has 0 fully saturated rings. The van der Waals surface area contributed by atoms with Crippen LogP contribution < -0.4 is 10.1 Å². The summed E-state index contributed by atoms with van der Waals surface area (Å²) in [6, 6.07) is 12.4. The second-order valence-corrected chi connectivity index (χ2v) is 7.29. The highest BCUT2D eigenvalue weighted by Crippen LogP contribution is 2.25. The van der Waals surface area contributed by atoms with Crippen LogP contribution in [0.3, 0.4) is 0 Å². The molecule has 0 aliphatic rings. The fourth-order valence-electron chi connectivity index (χ4n) is 2.61. The zero-order valence-corrected chi connectivity index (χ0v) is 17.2. The van der Waals surface area contributed by atoms with Gasteiger partial charge >= 0.3 is 0 Å². The van der Waals surface area contributed by atoms with Crippen molar-refractivity contribution < 1.29 is 9.53 Å². The highest BCUT2D eigenvalue weighted by molar-refractivity contribution is 7.99. The van der Waals surface area contributed by atoms with E-state index < -0.39 is 0 Å². The Labute approximate surface area is 180 Å². The molecule has 2 heterocycles. The molecule has 0 saturated carbocycles. The molecule has 1 amide bonds.